The molecule has 1 amide bonds. The Morgan fingerprint density at radius 1 is 1.32 bits per heavy atom. The molecule has 28 heavy (non-hydrogen) atoms. The number of halogens is 1. The van der Waals surface area contributed by atoms with Gasteiger partial charge in [-0.1, -0.05) is 5.16 Å². The normalized spacial score (nSPS) is 15.9. The van der Waals surface area contributed by atoms with Gasteiger partial charge in [0.1, 0.15) is 11.4 Å². The summed E-state index contributed by atoms with van der Waals surface area (Å²) in [7, 11) is 0. The molecule has 8 nitrogen and oxygen atoms in total. The van der Waals surface area contributed by atoms with Gasteiger partial charge in [0, 0.05) is 24.4 Å². The van der Waals surface area contributed by atoms with E-state index in [2.05, 4.69) is 20.3 Å². The average molecular weight is 387 g/mol. The van der Waals surface area contributed by atoms with E-state index in [4.69, 9.17) is 9.26 Å². The van der Waals surface area contributed by atoms with Crippen molar-refractivity contribution >= 4 is 17.0 Å². The number of likely N-dealkylation sites (tertiary alicyclic amines) is 1. The van der Waals surface area contributed by atoms with Crippen molar-refractivity contribution < 1.29 is 18.4 Å². The molecule has 9 heteroatoms. The van der Waals surface area contributed by atoms with Gasteiger partial charge < -0.3 is 14.2 Å². The molecule has 1 aliphatic rings. The van der Waals surface area contributed by atoms with Crippen molar-refractivity contribution in [2.24, 2.45) is 0 Å². The lowest BCUT2D eigenvalue weighted by molar-refractivity contribution is 0.0198. The SMILES string of the molecule is CC(C)(C)OC(=O)N1CCC(c2nc(-c3c(F)ccc4[nH]ncc34)no2)CC1. The quantitative estimate of drug-likeness (QED) is 0.717. The van der Waals surface area contributed by atoms with Crippen molar-refractivity contribution in [2.75, 3.05) is 13.1 Å². The molecule has 0 radical (unpaired) electrons. The van der Waals surface area contributed by atoms with E-state index in [1.54, 1.807) is 17.2 Å². The number of hydrogen-bond acceptors (Lipinski definition) is 6. The number of piperidine rings is 1. The van der Waals surface area contributed by atoms with E-state index in [0.29, 0.717) is 42.7 Å². The minimum atomic E-state index is -0.520. The predicted octanol–water partition coefficient (Wildman–Crippen LogP) is 3.87. The Balaban J connectivity index is 1.48. The number of carbonyl (C=O) groups is 1. The summed E-state index contributed by atoms with van der Waals surface area (Å²) in [4.78, 5) is 18.3. The third kappa shape index (κ3) is 3.56. The number of aromatic amines is 1. The molecule has 1 saturated heterocycles. The van der Waals surface area contributed by atoms with Gasteiger partial charge in [0.15, 0.2) is 0 Å². The minimum Gasteiger partial charge on any atom is -0.444 e. The molecule has 0 bridgehead atoms. The molecule has 3 heterocycles. The summed E-state index contributed by atoms with van der Waals surface area (Å²) in [6.07, 6.45) is 2.59. The molecule has 1 N–H and O–H groups in total. The van der Waals surface area contributed by atoms with Crippen LogP contribution in [0.5, 0.6) is 0 Å². The van der Waals surface area contributed by atoms with Gasteiger partial charge in [0.25, 0.3) is 0 Å². The number of nitrogens with zero attached hydrogens (tertiary/aromatic N) is 4. The highest BCUT2D eigenvalue weighted by Crippen LogP contribution is 2.32. The van der Waals surface area contributed by atoms with E-state index >= 15 is 0 Å². The summed E-state index contributed by atoms with van der Waals surface area (Å²) >= 11 is 0. The largest absolute Gasteiger partial charge is 0.444 e. The maximum Gasteiger partial charge on any atom is 0.410 e. The summed E-state index contributed by atoms with van der Waals surface area (Å²) in [5, 5.41) is 11.3. The Morgan fingerprint density at radius 2 is 2.07 bits per heavy atom. The summed E-state index contributed by atoms with van der Waals surface area (Å²) in [6, 6.07) is 2.97. The van der Waals surface area contributed by atoms with E-state index in [0.717, 1.165) is 0 Å². The average Bonchev–Trinajstić information content (AvgIpc) is 3.29. The first-order valence-corrected chi connectivity index (χ1v) is 9.25. The molecular formula is C19H22FN5O3. The number of nitrogens with one attached hydrogen (secondary N) is 1. The fourth-order valence-corrected chi connectivity index (χ4v) is 3.36. The van der Waals surface area contributed by atoms with Crippen LogP contribution < -0.4 is 0 Å². The van der Waals surface area contributed by atoms with Gasteiger partial charge in [-0.3, -0.25) is 5.10 Å². The maximum atomic E-state index is 14.4. The lowest BCUT2D eigenvalue weighted by atomic mass is 9.97. The number of fused-ring (bicyclic) bond motifs is 1. The van der Waals surface area contributed by atoms with E-state index < -0.39 is 11.4 Å². The topological polar surface area (TPSA) is 97.1 Å². The van der Waals surface area contributed by atoms with Gasteiger partial charge in [-0.05, 0) is 45.7 Å². The third-order valence-corrected chi connectivity index (χ3v) is 4.73. The second kappa shape index (κ2) is 6.88. The molecule has 148 valence electrons. The molecule has 4 rings (SSSR count). The van der Waals surface area contributed by atoms with Crippen LogP contribution in [0.15, 0.2) is 22.9 Å². The number of benzene rings is 1. The lowest BCUT2D eigenvalue weighted by Gasteiger charge is -2.32. The van der Waals surface area contributed by atoms with Gasteiger partial charge >= 0.3 is 6.09 Å². The highest BCUT2D eigenvalue weighted by Gasteiger charge is 2.30. The predicted molar refractivity (Wildman–Crippen MR) is 99.1 cm³/mol. The van der Waals surface area contributed by atoms with Crippen molar-refractivity contribution in [3.8, 4) is 11.4 Å². The van der Waals surface area contributed by atoms with E-state index in [1.165, 1.54) is 6.07 Å². The van der Waals surface area contributed by atoms with Crippen LogP contribution in [0, 0.1) is 5.82 Å². The Labute approximate surface area is 161 Å². The van der Waals surface area contributed by atoms with Gasteiger partial charge in [0.05, 0.1) is 17.3 Å². The monoisotopic (exact) mass is 387 g/mol. The Kier molecular flexibility index (Phi) is 4.52. The second-order valence-corrected chi connectivity index (χ2v) is 7.95. The van der Waals surface area contributed by atoms with Gasteiger partial charge in [-0.15, -0.1) is 0 Å². The highest BCUT2D eigenvalue weighted by molar-refractivity contribution is 5.92. The second-order valence-electron chi connectivity index (χ2n) is 7.95. The number of hydrogen-bond donors (Lipinski definition) is 1. The number of amides is 1. The molecule has 0 spiro atoms. The zero-order valence-electron chi connectivity index (χ0n) is 16.0. The van der Waals surface area contributed by atoms with Crippen molar-refractivity contribution in [1.82, 2.24) is 25.2 Å². The molecule has 2 aromatic heterocycles. The summed E-state index contributed by atoms with van der Waals surface area (Å²) in [5.74, 6) is 0.250. The molecule has 0 atom stereocenters. The van der Waals surface area contributed by atoms with Gasteiger partial charge in [-0.2, -0.15) is 10.1 Å². The number of carbonyl (C=O) groups excluding carboxylic acids is 1. The molecule has 1 aromatic carbocycles. The molecule has 0 unspecified atom stereocenters. The van der Waals surface area contributed by atoms with Crippen LogP contribution in [0.25, 0.3) is 22.3 Å². The number of aromatic nitrogens is 4. The number of H-pyrrole nitrogens is 1. The van der Waals surface area contributed by atoms with Gasteiger partial charge in [0.2, 0.25) is 11.7 Å². The maximum absolute atomic E-state index is 14.4. The first kappa shape index (κ1) is 18.4. The summed E-state index contributed by atoms with van der Waals surface area (Å²) < 4.78 is 25.2. The molecule has 3 aromatic rings. The van der Waals surface area contributed by atoms with Crippen LogP contribution in [-0.4, -0.2) is 50.0 Å². The van der Waals surface area contributed by atoms with Crippen molar-refractivity contribution in [2.45, 2.75) is 45.1 Å². The van der Waals surface area contributed by atoms with Crippen molar-refractivity contribution in [3.63, 3.8) is 0 Å². The Hall–Kier alpha value is -2.97. The molecule has 1 fully saturated rings. The first-order chi connectivity index (χ1) is 13.3. The molecular weight excluding hydrogens is 365 g/mol. The van der Waals surface area contributed by atoms with Crippen molar-refractivity contribution in [1.29, 1.82) is 0 Å². The van der Waals surface area contributed by atoms with Crippen LogP contribution in [-0.2, 0) is 4.74 Å². The molecule has 1 aliphatic heterocycles. The fraction of sp³-hybridized carbons (Fsp3) is 0.474. The van der Waals surface area contributed by atoms with E-state index in [-0.39, 0.29) is 23.4 Å². The highest BCUT2D eigenvalue weighted by atomic mass is 19.1. The first-order valence-electron chi connectivity index (χ1n) is 9.25. The zero-order valence-corrected chi connectivity index (χ0v) is 16.0. The van der Waals surface area contributed by atoms with Crippen LogP contribution in [0.4, 0.5) is 9.18 Å². The third-order valence-electron chi connectivity index (χ3n) is 4.73. The number of ether oxygens (including phenoxy) is 1. The summed E-state index contributed by atoms with van der Waals surface area (Å²) in [6.45, 7) is 6.62. The Morgan fingerprint density at radius 3 is 2.79 bits per heavy atom. The van der Waals surface area contributed by atoms with Crippen LogP contribution in [0.1, 0.15) is 45.4 Å². The Bertz CT molecular complexity index is 999. The van der Waals surface area contributed by atoms with Gasteiger partial charge in [-0.25, -0.2) is 9.18 Å². The standard InChI is InChI=1S/C19H22FN5O3/c1-19(2,3)27-18(26)25-8-6-11(7-9-25)17-22-16(24-28-17)15-12-10-21-23-14(12)5-4-13(15)20/h4-5,10-11H,6-9H2,1-3H3,(H,21,23). The minimum absolute atomic E-state index is 0.0200. The van der Waals surface area contributed by atoms with Crippen molar-refractivity contribution in [3.05, 3.63) is 30.0 Å². The van der Waals surface area contributed by atoms with E-state index in [9.17, 15) is 9.18 Å². The number of rotatable bonds is 2. The summed E-state index contributed by atoms with van der Waals surface area (Å²) in [5.41, 5.74) is 0.453. The lowest BCUT2D eigenvalue weighted by Crippen LogP contribution is -2.41. The molecule has 0 aliphatic carbocycles. The van der Waals surface area contributed by atoms with Crippen LogP contribution in [0.3, 0.4) is 0 Å². The smallest absolute Gasteiger partial charge is 0.410 e. The fourth-order valence-electron chi connectivity index (χ4n) is 3.36. The van der Waals surface area contributed by atoms with Crippen LogP contribution >= 0.6 is 0 Å². The van der Waals surface area contributed by atoms with Crippen LogP contribution in [0.2, 0.25) is 0 Å². The zero-order chi connectivity index (χ0) is 19.9. The van der Waals surface area contributed by atoms with E-state index in [1.807, 2.05) is 20.8 Å². The molecule has 0 saturated carbocycles.